The number of rotatable bonds is 9. The average molecular weight is 587 g/mol. The SMILES string of the molecule is COC(OC)c1ccc(/C(F)=C/c2nn(C3CCCCO3)c3ccc(OC(C)c4c(Cl)cncc4Cl)cc23)cn1. The van der Waals surface area contributed by atoms with Gasteiger partial charge in [0.15, 0.2) is 6.23 Å². The summed E-state index contributed by atoms with van der Waals surface area (Å²) in [5, 5.41) is 6.30. The number of pyridine rings is 2. The molecule has 3 aromatic heterocycles. The molecule has 4 heterocycles. The Hall–Kier alpha value is -3.08. The van der Waals surface area contributed by atoms with E-state index < -0.39 is 18.2 Å². The van der Waals surface area contributed by atoms with Crippen molar-refractivity contribution in [2.45, 2.75) is 44.8 Å². The van der Waals surface area contributed by atoms with Gasteiger partial charge in [0, 0.05) is 62.0 Å². The summed E-state index contributed by atoms with van der Waals surface area (Å²) in [6, 6.07) is 8.87. The summed E-state index contributed by atoms with van der Waals surface area (Å²) in [5.41, 5.74) is 2.72. The molecule has 8 nitrogen and oxygen atoms in total. The number of methoxy groups -OCH3 is 2. The molecule has 0 bridgehead atoms. The molecule has 4 aromatic rings. The van der Waals surface area contributed by atoms with Crippen molar-refractivity contribution in [1.29, 1.82) is 0 Å². The van der Waals surface area contributed by atoms with Gasteiger partial charge >= 0.3 is 0 Å². The lowest BCUT2D eigenvalue weighted by Crippen LogP contribution is -2.19. The highest BCUT2D eigenvalue weighted by Crippen LogP contribution is 2.36. The highest BCUT2D eigenvalue weighted by molar-refractivity contribution is 6.35. The van der Waals surface area contributed by atoms with Gasteiger partial charge in [0.1, 0.15) is 17.7 Å². The second kappa shape index (κ2) is 12.6. The molecule has 2 unspecified atom stereocenters. The monoisotopic (exact) mass is 586 g/mol. The zero-order valence-corrected chi connectivity index (χ0v) is 23.8. The summed E-state index contributed by atoms with van der Waals surface area (Å²) in [6.07, 6.45) is 7.41. The molecule has 1 saturated heterocycles. The van der Waals surface area contributed by atoms with Gasteiger partial charge in [-0.3, -0.25) is 9.97 Å². The maximum atomic E-state index is 15.5. The zero-order chi connectivity index (χ0) is 28.2. The maximum Gasteiger partial charge on any atom is 0.200 e. The molecule has 0 aliphatic carbocycles. The predicted molar refractivity (Wildman–Crippen MR) is 152 cm³/mol. The average Bonchev–Trinajstić information content (AvgIpc) is 3.32. The first kappa shape index (κ1) is 28.4. The van der Waals surface area contributed by atoms with E-state index in [1.165, 1.54) is 38.9 Å². The Balaban J connectivity index is 1.51. The van der Waals surface area contributed by atoms with E-state index in [0.717, 1.165) is 24.8 Å². The van der Waals surface area contributed by atoms with Crippen LogP contribution in [0.5, 0.6) is 5.75 Å². The minimum atomic E-state index is -0.631. The van der Waals surface area contributed by atoms with Gasteiger partial charge < -0.3 is 18.9 Å². The van der Waals surface area contributed by atoms with Crippen LogP contribution in [0, 0.1) is 0 Å². The van der Waals surface area contributed by atoms with E-state index in [1.807, 2.05) is 29.8 Å². The Morgan fingerprint density at radius 3 is 2.52 bits per heavy atom. The van der Waals surface area contributed by atoms with Crippen LogP contribution in [-0.4, -0.2) is 40.6 Å². The molecule has 1 aliphatic heterocycles. The molecule has 210 valence electrons. The predicted octanol–water partition coefficient (Wildman–Crippen LogP) is 7.73. The fraction of sp³-hybridized carbons (Fsp3) is 0.345. The first-order valence-electron chi connectivity index (χ1n) is 12.9. The second-order valence-corrected chi connectivity index (χ2v) is 10.2. The number of halogens is 3. The van der Waals surface area contributed by atoms with E-state index >= 15 is 4.39 Å². The van der Waals surface area contributed by atoms with E-state index in [4.69, 9.17) is 47.2 Å². The molecule has 1 aliphatic rings. The lowest BCUT2D eigenvalue weighted by atomic mass is 10.1. The molecule has 0 N–H and O–H groups in total. The Morgan fingerprint density at radius 2 is 1.88 bits per heavy atom. The van der Waals surface area contributed by atoms with Gasteiger partial charge in [0.25, 0.3) is 0 Å². The van der Waals surface area contributed by atoms with E-state index in [2.05, 4.69) is 9.97 Å². The van der Waals surface area contributed by atoms with Gasteiger partial charge in [-0.15, -0.1) is 0 Å². The molecule has 0 saturated carbocycles. The minimum absolute atomic E-state index is 0.234. The van der Waals surface area contributed by atoms with Gasteiger partial charge in [-0.05, 0) is 56.5 Å². The van der Waals surface area contributed by atoms with Crippen molar-refractivity contribution < 1.29 is 23.3 Å². The van der Waals surface area contributed by atoms with Crippen LogP contribution in [0.2, 0.25) is 10.0 Å². The lowest BCUT2D eigenvalue weighted by molar-refractivity contribution is -0.108. The van der Waals surface area contributed by atoms with Gasteiger partial charge in [-0.1, -0.05) is 23.2 Å². The minimum Gasteiger partial charge on any atom is -0.486 e. The number of benzene rings is 1. The number of hydrogen-bond acceptors (Lipinski definition) is 7. The smallest absolute Gasteiger partial charge is 0.200 e. The second-order valence-electron chi connectivity index (χ2n) is 9.37. The molecule has 0 amide bonds. The van der Waals surface area contributed by atoms with Gasteiger partial charge in [-0.25, -0.2) is 9.07 Å². The number of ether oxygens (including phenoxy) is 4. The van der Waals surface area contributed by atoms with E-state index in [9.17, 15) is 0 Å². The van der Waals surface area contributed by atoms with Crippen molar-refractivity contribution in [1.82, 2.24) is 19.7 Å². The third-order valence-electron chi connectivity index (χ3n) is 6.74. The highest BCUT2D eigenvalue weighted by atomic mass is 35.5. The summed E-state index contributed by atoms with van der Waals surface area (Å²) < 4.78 is 40.0. The Morgan fingerprint density at radius 1 is 1.10 bits per heavy atom. The third kappa shape index (κ3) is 5.99. The number of nitrogens with zero attached hydrogens (tertiary/aromatic N) is 4. The molecule has 40 heavy (non-hydrogen) atoms. The summed E-state index contributed by atoms with van der Waals surface area (Å²) in [7, 11) is 3.03. The highest BCUT2D eigenvalue weighted by Gasteiger charge is 2.22. The van der Waals surface area contributed by atoms with Gasteiger partial charge in [0.05, 0.1) is 26.9 Å². The van der Waals surface area contributed by atoms with Crippen molar-refractivity contribution in [2.24, 2.45) is 0 Å². The molecule has 1 fully saturated rings. The van der Waals surface area contributed by atoms with Crippen LogP contribution in [0.3, 0.4) is 0 Å². The fourth-order valence-electron chi connectivity index (χ4n) is 4.76. The Labute approximate surface area is 241 Å². The first-order chi connectivity index (χ1) is 19.4. The summed E-state index contributed by atoms with van der Waals surface area (Å²) in [5.74, 6) is 0.0656. The van der Waals surface area contributed by atoms with Crippen LogP contribution in [0.25, 0.3) is 22.8 Å². The quantitative estimate of drug-likeness (QED) is 0.185. The van der Waals surface area contributed by atoms with Crippen LogP contribution in [0.1, 0.15) is 67.3 Å². The van der Waals surface area contributed by atoms with Crippen molar-refractivity contribution in [2.75, 3.05) is 20.8 Å². The summed E-state index contributed by atoms with van der Waals surface area (Å²) >= 11 is 12.7. The molecule has 11 heteroatoms. The molecule has 0 spiro atoms. The van der Waals surface area contributed by atoms with E-state index in [0.29, 0.717) is 50.3 Å². The number of hydrogen-bond donors (Lipinski definition) is 0. The maximum absolute atomic E-state index is 15.5. The molecular formula is C29H29Cl2FN4O4. The van der Waals surface area contributed by atoms with E-state index in [-0.39, 0.29) is 6.23 Å². The normalized spacial score (nSPS) is 17.0. The van der Waals surface area contributed by atoms with Crippen LogP contribution in [0.4, 0.5) is 4.39 Å². The van der Waals surface area contributed by atoms with Crippen molar-refractivity contribution in [3.63, 3.8) is 0 Å². The third-order valence-corrected chi connectivity index (χ3v) is 7.34. The van der Waals surface area contributed by atoms with Gasteiger partial charge in [0.2, 0.25) is 6.29 Å². The van der Waals surface area contributed by atoms with Crippen LogP contribution in [0.15, 0.2) is 48.9 Å². The number of fused-ring (bicyclic) bond motifs is 1. The molecule has 2 atom stereocenters. The first-order valence-corrected chi connectivity index (χ1v) is 13.6. The molecule has 0 radical (unpaired) electrons. The van der Waals surface area contributed by atoms with Crippen molar-refractivity contribution in [3.8, 4) is 5.75 Å². The lowest BCUT2D eigenvalue weighted by Gasteiger charge is -2.23. The summed E-state index contributed by atoms with van der Waals surface area (Å²) in [4.78, 5) is 8.30. The fourth-order valence-corrected chi connectivity index (χ4v) is 5.43. The Kier molecular flexibility index (Phi) is 8.97. The Bertz CT molecular complexity index is 1480. The van der Waals surface area contributed by atoms with Gasteiger partial charge in [-0.2, -0.15) is 5.10 Å². The number of aromatic nitrogens is 4. The topological polar surface area (TPSA) is 80.5 Å². The van der Waals surface area contributed by atoms with Crippen LogP contribution < -0.4 is 4.74 Å². The summed E-state index contributed by atoms with van der Waals surface area (Å²) in [6.45, 7) is 2.51. The standard InChI is InChI=1S/C29H29Cl2FN4O4/c1-17(28-21(30)15-33-16-22(28)31)40-19-8-10-26-20(12-19)25(35-36(26)27-6-4-5-11-39-27)13-23(32)18-7-9-24(34-14-18)29(37-2)38-3/h7-10,12-17,27,29H,4-6,11H2,1-3H3/b23-13-. The van der Waals surface area contributed by atoms with Crippen LogP contribution >= 0.6 is 23.2 Å². The largest absolute Gasteiger partial charge is 0.486 e. The molecule has 1 aromatic carbocycles. The molecular weight excluding hydrogens is 558 g/mol. The van der Waals surface area contributed by atoms with E-state index in [1.54, 1.807) is 12.1 Å². The molecule has 5 rings (SSSR count). The van der Waals surface area contributed by atoms with Crippen LogP contribution in [-0.2, 0) is 14.2 Å². The zero-order valence-electron chi connectivity index (χ0n) is 22.3. The van der Waals surface area contributed by atoms with Crippen molar-refractivity contribution >= 4 is 46.0 Å². The van der Waals surface area contributed by atoms with Crippen molar-refractivity contribution in [3.05, 3.63) is 81.5 Å².